The summed E-state index contributed by atoms with van der Waals surface area (Å²) in [5.41, 5.74) is 0.150. The lowest BCUT2D eigenvalue weighted by molar-refractivity contribution is -0.138. The Morgan fingerprint density at radius 3 is 2.34 bits per heavy atom. The number of carbonyl (C=O) groups excluding carboxylic acids is 3. The molecular formula is C22H23N3O6S. The zero-order chi connectivity index (χ0) is 23.3. The fraction of sp³-hybridized carbons (Fsp3) is 0.273. The van der Waals surface area contributed by atoms with Gasteiger partial charge >= 0.3 is 18.2 Å². The molecule has 0 aliphatic carbocycles. The number of rotatable bonds is 9. The van der Waals surface area contributed by atoms with Crippen LogP contribution in [-0.2, 0) is 16.0 Å². The van der Waals surface area contributed by atoms with E-state index in [4.69, 9.17) is 14.2 Å². The monoisotopic (exact) mass is 457 g/mol. The molecule has 0 saturated heterocycles. The summed E-state index contributed by atoms with van der Waals surface area (Å²) in [6, 6.07) is 9.93. The van der Waals surface area contributed by atoms with Gasteiger partial charge in [-0.3, -0.25) is 0 Å². The highest BCUT2D eigenvalue weighted by atomic mass is 32.1. The van der Waals surface area contributed by atoms with Gasteiger partial charge in [0.25, 0.3) is 0 Å². The molecule has 10 heteroatoms. The van der Waals surface area contributed by atoms with Crippen molar-refractivity contribution < 1.29 is 28.6 Å². The molecule has 2 amide bonds. The Morgan fingerprint density at radius 2 is 1.75 bits per heavy atom. The highest BCUT2D eigenvalue weighted by molar-refractivity contribution is 7.09. The summed E-state index contributed by atoms with van der Waals surface area (Å²) in [6.07, 6.45) is 0.387. The lowest BCUT2D eigenvalue weighted by Crippen LogP contribution is -2.28. The molecule has 32 heavy (non-hydrogen) atoms. The average molecular weight is 458 g/mol. The number of nitrogens with zero attached hydrogens (tertiary/aromatic N) is 1. The van der Waals surface area contributed by atoms with Crippen molar-refractivity contribution >= 4 is 35.6 Å². The van der Waals surface area contributed by atoms with Gasteiger partial charge in [-0.1, -0.05) is 12.1 Å². The van der Waals surface area contributed by atoms with Crippen molar-refractivity contribution in [3.05, 3.63) is 51.7 Å². The molecule has 0 aliphatic rings. The van der Waals surface area contributed by atoms with E-state index >= 15 is 0 Å². The van der Waals surface area contributed by atoms with Crippen LogP contribution in [0.15, 0.2) is 41.3 Å². The van der Waals surface area contributed by atoms with Gasteiger partial charge in [-0.2, -0.15) is 5.26 Å². The van der Waals surface area contributed by atoms with Gasteiger partial charge in [0, 0.05) is 24.4 Å². The number of thiophene rings is 1. The van der Waals surface area contributed by atoms with Crippen LogP contribution < -0.4 is 20.1 Å². The molecule has 2 aromatic rings. The van der Waals surface area contributed by atoms with E-state index in [1.807, 2.05) is 23.6 Å². The van der Waals surface area contributed by atoms with Crippen LogP contribution in [0.5, 0.6) is 11.5 Å². The van der Waals surface area contributed by atoms with Crippen LogP contribution in [-0.4, -0.2) is 37.9 Å². The summed E-state index contributed by atoms with van der Waals surface area (Å²) >= 11 is 1.55. The average Bonchev–Trinajstić information content (AvgIpc) is 3.27. The Hall–Kier alpha value is -3.84. The fourth-order valence-corrected chi connectivity index (χ4v) is 3.11. The SMILES string of the molecule is CCNC(=O)Oc1ccc(C=C(C#N)C(=O)OCCc2cccs2)cc1OC(=O)NCC. The minimum Gasteiger partial charge on any atom is -0.461 e. The van der Waals surface area contributed by atoms with Crippen molar-refractivity contribution in [3.63, 3.8) is 0 Å². The smallest absolute Gasteiger partial charge is 0.412 e. The molecule has 0 saturated carbocycles. The predicted molar refractivity (Wildman–Crippen MR) is 118 cm³/mol. The van der Waals surface area contributed by atoms with Crippen LogP contribution in [0.3, 0.4) is 0 Å². The topological polar surface area (TPSA) is 127 Å². The molecule has 0 radical (unpaired) electrons. The molecule has 0 spiro atoms. The third-order valence-electron chi connectivity index (χ3n) is 3.83. The summed E-state index contributed by atoms with van der Waals surface area (Å²) in [5, 5.41) is 16.2. The lowest BCUT2D eigenvalue weighted by atomic mass is 10.1. The molecule has 9 nitrogen and oxygen atoms in total. The molecule has 0 atom stereocenters. The van der Waals surface area contributed by atoms with E-state index in [1.165, 1.54) is 24.3 Å². The highest BCUT2D eigenvalue weighted by Crippen LogP contribution is 2.30. The van der Waals surface area contributed by atoms with Gasteiger partial charge in [-0.15, -0.1) is 11.3 Å². The second-order valence-electron chi connectivity index (χ2n) is 6.18. The maximum Gasteiger partial charge on any atom is 0.412 e. The van der Waals surface area contributed by atoms with Gasteiger partial charge in [-0.05, 0) is 49.1 Å². The Balaban J connectivity index is 2.18. The van der Waals surface area contributed by atoms with Crippen LogP contribution in [0.25, 0.3) is 6.08 Å². The largest absolute Gasteiger partial charge is 0.461 e. The number of carbonyl (C=O) groups is 3. The molecule has 1 aromatic carbocycles. The van der Waals surface area contributed by atoms with Gasteiger partial charge in [0.15, 0.2) is 11.5 Å². The molecule has 2 N–H and O–H groups in total. The summed E-state index contributed by atoms with van der Waals surface area (Å²) in [4.78, 5) is 36.9. The van der Waals surface area contributed by atoms with Crippen molar-refractivity contribution in [2.45, 2.75) is 20.3 Å². The zero-order valence-corrected chi connectivity index (χ0v) is 18.5. The highest BCUT2D eigenvalue weighted by Gasteiger charge is 2.16. The molecule has 168 valence electrons. The van der Waals surface area contributed by atoms with E-state index in [2.05, 4.69) is 10.6 Å². The van der Waals surface area contributed by atoms with E-state index in [1.54, 1.807) is 25.2 Å². The van der Waals surface area contributed by atoms with E-state index < -0.39 is 18.2 Å². The quantitative estimate of drug-likeness (QED) is 0.334. The number of benzene rings is 1. The van der Waals surface area contributed by atoms with Crippen molar-refractivity contribution in [2.24, 2.45) is 0 Å². The molecule has 1 aromatic heterocycles. The first-order valence-electron chi connectivity index (χ1n) is 9.83. The maximum absolute atomic E-state index is 12.3. The summed E-state index contributed by atoms with van der Waals surface area (Å²) in [5.74, 6) is -0.825. The Bertz CT molecular complexity index is 1010. The second kappa shape index (κ2) is 12.8. The van der Waals surface area contributed by atoms with Gasteiger partial charge in [0.2, 0.25) is 0 Å². The van der Waals surface area contributed by atoms with Gasteiger partial charge < -0.3 is 24.8 Å². The Labute approximate surface area is 189 Å². The summed E-state index contributed by atoms with van der Waals surface area (Å²) in [7, 11) is 0. The van der Waals surface area contributed by atoms with Gasteiger partial charge in [0.1, 0.15) is 11.6 Å². The summed E-state index contributed by atoms with van der Waals surface area (Å²) < 4.78 is 15.5. The number of nitrogens with one attached hydrogen (secondary N) is 2. The molecule has 2 rings (SSSR count). The molecule has 0 unspecified atom stereocenters. The van der Waals surface area contributed by atoms with Gasteiger partial charge in [-0.25, -0.2) is 14.4 Å². The zero-order valence-electron chi connectivity index (χ0n) is 17.7. The Morgan fingerprint density at radius 1 is 1.06 bits per heavy atom. The normalized spacial score (nSPS) is 10.6. The number of esters is 1. The van der Waals surface area contributed by atoms with Crippen LogP contribution in [0.2, 0.25) is 0 Å². The fourth-order valence-electron chi connectivity index (χ4n) is 2.42. The first-order valence-corrected chi connectivity index (χ1v) is 10.7. The van der Waals surface area contributed by atoms with E-state index in [0.717, 1.165) is 4.88 Å². The molecule has 0 fully saturated rings. The van der Waals surface area contributed by atoms with Crippen molar-refractivity contribution in [3.8, 4) is 17.6 Å². The summed E-state index contributed by atoms with van der Waals surface area (Å²) in [6.45, 7) is 4.27. The number of amides is 2. The van der Waals surface area contributed by atoms with Crippen molar-refractivity contribution in [1.29, 1.82) is 5.26 Å². The molecule has 0 aliphatic heterocycles. The molecule has 1 heterocycles. The Kier molecular flexibility index (Phi) is 9.74. The number of hydrogen-bond donors (Lipinski definition) is 2. The van der Waals surface area contributed by atoms with Gasteiger partial charge in [0.05, 0.1) is 6.61 Å². The number of nitriles is 1. The standard InChI is InChI=1S/C22H23N3O6S/c1-3-24-21(27)30-18-8-7-15(13-19(18)31-22(28)25-4-2)12-16(14-23)20(26)29-10-9-17-6-5-11-32-17/h5-8,11-13H,3-4,9-10H2,1-2H3,(H,24,27)(H,25,28). The van der Waals surface area contributed by atoms with E-state index in [-0.39, 0.29) is 23.7 Å². The van der Waals surface area contributed by atoms with Crippen LogP contribution >= 0.6 is 11.3 Å². The maximum atomic E-state index is 12.3. The van der Waals surface area contributed by atoms with E-state index in [9.17, 15) is 19.6 Å². The lowest BCUT2D eigenvalue weighted by Gasteiger charge is -2.12. The second-order valence-corrected chi connectivity index (χ2v) is 7.21. The minimum absolute atomic E-state index is 0.00335. The molecular weight excluding hydrogens is 434 g/mol. The van der Waals surface area contributed by atoms with Crippen LogP contribution in [0.1, 0.15) is 24.3 Å². The van der Waals surface area contributed by atoms with Crippen molar-refractivity contribution in [1.82, 2.24) is 10.6 Å². The predicted octanol–water partition coefficient (Wildman–Crippen LogP) is 3.66. The first-order chi connectivity index (χ1) is 15.5. The van der Waals surface area contributed by atoms with Crippen LogP contribution in [0.4, 0.5) is 9.59 Å². The third-order valence-corrected chi connectivity index (χ3v) is 4.76. The van der Waals surface area contributed by atoms with Crippen molar-refractivity contribution in [2.75, 3.05) is 19.7 Å². The number of ether oxygens (including phenoxy) is 3. The third kappa shape index (κ3) is 7.77. The first kappa shape index (κ1) is 24.4. The minimum atomic E-state index is -0.766. The van der Waals surface area contributed by atoms with E-state index in [0.29, 0.717) is 25.1 Å². The number of hydrogen-bond acceptors (Lipinski definition) is 8. The van der Waals surface area contributed by atoms with Crippen LogP contribution in [0, 0.1) is 11.3 Å². The molecule has 0 bridgehead atoms.